The Hall–Kier alpha value is -2.36. The molecule has 1 saturated heterocycles. The Kier molecular flexibility index (Phi) is 4.10. The molecule has 2 heterocycles. The molecule has 2 fully saturated rings. The van der Waals surface area contributed by atoms with Gasteiger partial charge in [0.25, 0.3) is 5.91 Å². The number of hydrogen-bond acceptors (Lipinski definition) is 5. The van der Waals surface area contributed by atoms with E-state index in [2.05, 4.69) is 16.5 Å². The maximum absolute atomic E-state index is 12.9. The molecule has 1 saturated carbocycles. The van der Waals surface area contributed by atoms with E-state index in [0.29, 0.717) is 31.5 Å². The first kappa shape index (κ1) is 17.5. The zero-order chi connectivity index (χ0) is 18.3. The molecule has 3 rings (SSSR count). The fraction of sp³-hybridized carbons (Fsp3) is 0.667. The van der Waals surface area contributed by atoms with Gasteiger partial charge in [-0.05, 0) is 32.6 Å². The van der Waals surface area contributed by atoms with Gasteiger partial charge in [0.15, 0.2) is 5.60 Å². The summed E-state index contributed by atoms with van der Waals surface area (Å²) in [5, 5.41) is 15.6. The first-order valence-corrected chi connectivity index (χ1v) is 8.71. The molecule has 0 aromatic carbocycles. The Bertz CT molecular complexity index is 748. The van der Waals surface area contributed by atoms with Gasteiger partial charge in [0, 0.05) is 24.6 Å². The summed E-state index contributed by atoms with van der Waals surface area (Å²) in [4.78, 5) is 25.2. The number of carbonyl (C=O) groups is 2. The highest BCUT2D eigenvalue weighted by atomic mass is 16.6. The normalized spacial score (nSPS) is 29.3. The summed E-state index contributed by atoms with van der Waals surface area (Å²) in [5.41, 5.74) is -1.70. The van der Waals surface area contributed by atoms with Crippen LogP contribution in [0, 0.1) is 22.2 Å². The number of unbranched alkanes of at least 4 members (excludes halogenated alkanes) is 2. The Labute approximate surface area is 147 Å². The molecule has 2 aliphatic rings. The minimum atomic E-state index is -1.12. The number of nitriles is 1. The Morgan fingerprint density at radius 2 is 2.16 bits per heavy atom. The first-order valence-electron chi connectivity index (χ1n) is 8.71. The number of amides is 1. The Morgan fingerprint density at radius 3 is 2.76 bits per heavy atom. The molecule has 1 amide bonds. The summed E-state index contributed by atoms with van der Waals surface area (Å²) in [6, 6.07) is 2.12. The molecule has 1 aromatic rings. The van der Waals surface area contributed by atoms with Crippen LogP contribution >= 0.6 is 0 Å². The number of nitrogens with zero attached hydrogens (tertiary/aromatic N) is 3. The van der Waals surface area contributed by atoms with Gasteiger partial charge in [0.2, 0.25) is 0 Å². The van der Waals surface area contributed by atoms with Gasteiger partial charge in [0.05, 0.1) is 23.4 Å². The van der Waals surface area contributed by atoms with Gasteiger partial charge in [0.1, 0.15) is 0 Å². The fourth-order valence-electron chi connectivity index (χ4n) is 4.01. The lowest BCUT2D eigenvalue weighted by Crippen LogP contribution is -2.50. The first-order chi connectivity index (χ1) is 11.8. The third-order valence-corrected chi connectivity index (χ3v) is 6.27. The number of ether oxygens (including phenoxy) is 1. The summed E-state index contributed by atoms with van der Waals surface area (Å²) in [5.74, 6) is -0.566. The Morgan fingerprint density at radius 1 is 1.40 bits per heavy atom. The molecule has 0 spiro atoms. The third-order valence-electron chi connectivity index (χ3n) is 6.27. The van der Waals surface area contributed by atoms with Crippen molar-refractivity contribution in [3.63, 3.8) is 0 Å². The van der Waals surface area contributed by atoms with Crippen molar-refractivity contribution in [3.05, 3.63) is 12.4 Å². The Balaban J connectivity index is 1.68. The number of aryl methyl sites for hydroxylation is 1. The highest BCUT2D eigenvalue weighted by Crippen LogP contribution is 2.65. The van der Waals surface area contributed by atoms with E-state index in [4.69, 9.17) is 10.00 Å². The lowest BCUT2D eigenvalue weighted by molar-refractivity contribution is -0.165. The highest BCUT2D eigenvalue weighted by molar-refractivity contribution is 6.03. The van der Waals surface area contributed by atoms with E-state index in [0.717, 1.165) is 12.8 Å². The minimum Gasteiger partial charge on any atom is -0.448 e. The largest absolute Gasteiger partial charge is 0.448 e. The number of aromatic nitrogens is 2. The second-order valence-corrected chi connectivity index (χ2v) is 7.74. The number of carbonyl (C=O) groups excluding carboxylic acids is 2. The standard InChI is InChI=1S/C18H24N4O3/c1-16(2)17(3)7-8-18(16,25-15(17)24)14(23)21-13-11-20-22(12-13)10-6-4-5-9-19/h11-12H,4-8,10H2,1-3H3,(H,21,23)/t17-,18+/m0/s1. The molecule has 2 bridgehead atoms. The molecule has 1 aliphatic carbocycles. The van der Waals surface area contributed by atoms with Crippen molar-refractivity contribution in [2.24, 2.45) is 10.8 Å². The van der Waals surface area contributed by atoms with E-state index in [1.54, 1.807) is 17.1 Å². The van der Waals surface area contributed by atoms with Crippen LogP contribution in [0.4, 0.5) is 5.69 Å². The van der Waals surface area contributed by atoms with Gasteiger partial charge < -0.3 is 10.1 Å². The topological polar surface area (TPSA) is 97.0 Å². The number of rotatable bonds is 6. The van der Waals surface area contributed by atoms with Crippen molar-refractivity contribution in [2.45, 2.75) is 65.0 Å². The van der Waals surface area contributed by atoms with Crippen LogP contribution in [0.3, 0.4) is 0 Å². The van der Waals surface area contributed by atoms with Gasteiger partial charge in [-0.15, -0.1) is 0 Å². The average Bonchev–Trinajstić information content (AvgIpc) is 3.12. The highest BCUT2D eigenvalue weighted by Gasteiger charge is 2.75. The molecule has 0 radical (unpaired) electrons. The van der Waals surface area contributed by atoms with E-state index >= 15 is 0 Å². The number of esters is 1. The maximum Gasteiger partial charge on any atom is 0.313 e. The predicted molar refractivity (Wildman–Crippen MR) is 90.3 cm³/mol. The summed E-state index contributed by atoms with van der Waals surface area (Å²) in [6.07, 6.45) is 6.77. The van der Waals surface area contributed by atoms with Crippen LogP contribution in [0.15, 0.2) is 12.4 Å². The van der Waals surface area contributed by atoms with E-state index in [1.165, 1.54) is 0 Å². The minimum absolute atomic E-state index is 0.281. The van der Waals surface area contributed by atoms with E-state index in [9.17, 15) is 9.59 Å². The van der Waals surface area contributed by atoms with Crippen molar-refractivity contribution in [1.29, 1.82) is 5.26 Å². The van der Waals surface area contributed by atoms with Gasteiger partial charge in [-0.3, -0.25) is 14.3 Å². The van der Waals surface area contributed by atoms with Crippen molar-refractivity contribution in [3.8, 4) is 6.07 Å². The lowest BCUT2D eigenvalue weighted by Gasteiger charge is -2.35. The molecule has 1 N–H and O–H groups in total. The van der Waals surface area contributed by atoms with Crippen molar-refractivity contribution in [2.75, 3.05) is 5.32 Å². The monoisotopic (exact) mass is 344 g/mol. The maximum atomic E-state index is 12.9. The molecule has 7 nitrogen and oxygen atoms in total. The van der Waals surface area contributed by atoms with Crippen LogP contribution in [0.1, 0.15) is 52.9 Å². The second-order valence-electron chi connectivity index (χ2n) is 7.74. The van der Waals surface area contributed by atoms with E-state index in [-0.39, 0.29) is 11.9 Å². The number of fused-ring (bicyclic) bond motifs is 2. The van der Waals surface area contributed by atoms with Crippen LogP contribution in [0.5, 0.6) is 0 Å². The van der Waals surface area contributed by atoms with Gasteiger partial charge in [-0.1, -0.05) is 13.8 Å². The molecule has 2 atom stereocenters. The molecule has 134 valence electrons. The summed E-state index contributed by atoms with van der Waals surface area (Å²) in [7, 11) is 0. The van der Waals surface area contributed by atoms with Crippen LogP contribution in [-0.2, 0) is 20.9 Å². The van der Waals surface area contributed by atoms with Crippen LogP contribution in [0.25, 0.3) is 0 Å². The molecule has 25 heavy (non-hydrogen) atoms. The van der Waals surface area contributed by atoms with E-state index < -0.39 is 16.4 Å². The molecular weight excluding hydrogens is 320 g/mol. The molecule has 7 heteroatoms. The number of nitrogens with one attached hydrogen (secondary N) is 1. The van der Waals surface area contributed by atoms with Crippen LogP contribution in [0.2, 0.25) is 0 Å². The summed E-state index contributed by atoms with van der Waals surface area (Å²) < 4.78 is 7.34. The molecule has 1 aliphatic heterocycles. The summed E-state index contributed by atoms with van der Waals surface area (Å²) in [6.45, 7) is 6.45. The van der Waals surface area contributed by atoms with Gasteiger partial charge in [-0.2, -0.15) is 10.4 Å². The number of hydrogen-bond donors (Lipinski definition) is 1. The third kappa shape index (κ3) is 2.43. The zero-order valence-electron chi connectivity index (χ0n) is 15.0. The van der Waals surface area contributed by atoms with Gasteiger partial charge in [-0.25, -0.2) is 0 Å². The van der Waals surface area contributed by atoms with Crippen molar-refractivity contribution >= 4 is 17.6 Å². The quantitative estimate of drug-likeness (QED) is 0.632. The molecule has 0 unspecified atom stereocenters. The average molecular weight is 344 g/mol. The van der Waals surface area contributed by atoms with Crippen LogP contribution < -0.4 is 5.32 Å². The van der Waals surface area contributed by atoms with Gasteiger partial charge >= 0.3 is 5.97 Å². The SMILES string of the molecule is CC1(C)[C@@]2(C)CC[C@]1(C(=O)Nc1cnn(CCCCC#N)c1)OC2=O. The zero-order valence-corrected chi connectivity index (χ0v) is 15.0. The lowest BCUT2D eigenvalue weighted by atomic mass is 9.66. The predicted octanol–water partition coefficient (Wildman–Crippen LogP) is 2.64. The van der Waals surface area contributed by atoms with Crippen LogP contribution in [-0.4, -0.2) is 27.3 Å². The second kappa shape index (κ2) is 5.87. The van der Waals surface area contributed by atoms with E-state index in [1.807, 2.05) is 20.8 Å². The smallest absolute Gasteiger partial charge is 0.313 e. The molecular formula is C18H24N4O3. The summed E-state index contributed by atoms with van der Waals surface area (Å²) >= 11 is 0. The fourth-order valence-corrected chi connectivity index (χ4v) is 4.01. The van der Waals surface area contributed by atoms with Crippen molar-refractivity contribution < 1.29 is 14.3 Å². The van der Waals surface area contributed by atoms with Crippen molar-refractivity contribution in [1.82, 2.24) is 9.78 Å². The number of anilines is 1. The molecule has 1 aromatic heterocycles.